The van der Waals surface area contributed by atoms with Crippen molar-refractivity contribution in [2.75, 3.05) is 29.5 Å². The van der Waals surface area contributed by atoms with Gasteiger partial charge in [-0.2, -0.15) is 8.42 Å². The van der Waals surface area contributed by atoms with Gasteiger partial charge in [-0.25, -0.2) is 0 Å². The van der Waals surface area contributed by atoms with Crippen LogP contribution in [0, 0.1) is 0 Å². The van der Waals surface area contributed by atoms with Crippen molar-refractivity contribution in [3.8, 4) is 0 Å². The van der Waals surface area contributed by atoms with Crippen LogP contribution in [0.15, 0.2) is 18.2 Å². The summed E-state index contributed by atoms with van der Waals surface area (Å²) in [5.74, 6) is 0. The van der Waals surface area contributed by atoms with Crippen LogP contribution in [0.4, 0.5) is 17.1 Å². The van der Waals surface area contributed by atoms with Gasteiger partial charge in [0.1, 0.15) is 0 Å². The van der Waals surface area contributed by atoms with Crippen LogP contribution >= 0.6 is 0 Å². The molecule has 6 N–H and O–H groups in total. The molecule has 1 aliphatic rings. The third-order valence-electron chi connectivity index (χ3n) is 3.00. The van der Waals surface area contributed by atoms with E-state index < -0.39 is 10.4 Å². The fraction of sp³-hybridized carbons (Fsp3) is 0.500. The highest BCUT2D eigenvalue weighted by atomic mass is 32.3. The predicted molar refractivity (Wildman–Crippen MR) is 80.1 cm³/mol. The SMILES string of the molecule is Nc1ccc(N2CCCCCC2)c(N)c1.O=S(=O)(O)O. The zero-order valence-electron chi connectivity index (χ0n) is 11.2. The maximum atomic E-state index is 8.74. The number of hydrogen-bond acceptors (Lipinski definition) is 5. The third kappa shape index (κ3) is 6.60. The van der Waals surface area contributed by atoms with E-state index >= 15 is 0 Å². The van der Waals surface area contributed by atoms with Crippen LogP contribution in [0.25, 0.3) is 0 Å². The normalized spacial score (nSPS) is 16.0. The lowest BCUT2D eigenvalue weighted by atomic mass is 10.2. The van der Waals surface area contributed by atoms with Crippen LogP contribution in [-0.2, 0) is 10.4 Å². The summed E-state index contributed by atoms with van der Waals surface area (Å²) in [5.41, 5.74) is 14.4. The van der Waals surface area contributed by atoms with Crippen LogP contribution in [0.5, 0.6) is 0 Å². The maximum absolute atomic E-state index is 8.74. The van der Waals surface area contributed by atoms with Crippen LogP contribution in [0.3, 0.4) is 0 Å². The molecule has 0 atom stereocenters. The molecule has 2 rings (SSSR count). The Kier molecular flexibility index (Phi) is 6.05. The summed E-state index contributed by atoms with van der Waals surface area (Å²) >= 11 is 0. The number of nitrogen functional groups attached to an aromatic ring is 2. The summed E-state index contributed by atoms with van der Waals surface area (Å²) in [4.78, 5) is 2.38. The van der Waals surface area contributed by atoms with E-state index in [1.54, 1.807) is 0 Å². The number of rotatable bonds is 1. The Hall–Kier alpha value is -1.51. The summed E-state index contributed by atoms with van der Waals surface area (Å²) in [6, 6.07) is 5.81. The molecular formula is C12H21N3O4S. The number of benzene rings is 1. The minimum atomic E-state index is -4.67. The van der Waals surface area contributed by atoms with E-state index in [9.17, 15) is 0 Å². The van der Waals surface area contributed by atoms with Gasteiger partial charge in [0, 0.05) is 18.8 Å². The second-order valence-electron chi connectivity index (χ2n) is 4.67. The minimum absolute atomic E-state index is 0.742. The summed E-state index contributed by atoms with van der Waals surface area (Å²) < 4.78 is 31.6. The van der Waals surface area contributed by atoms with E-state index in [-0.39, 0.29) is 0 Å². The van der Waals surface area contributed by atoms with E-state index in [2.05, 4.69) is 4.90 Å². The van der Waals surface area contributed by atoms with Crippen molar-refractivity contribution in [1.29, 1.82) is 0 Å². The first-order valence-corrected chi connectivity index (χ1v) is 7.77. The van der Waals surface area contributed by atoms with E-state index in [4.69, 9.17) is 29.0 Å². The van der Waals surface area contributed by atoms with Gasteiger partial charge in [-0.05, 0) is 31.0 Å². The lowest BCUT2D eigenvalue weighted by Gasteiger charge is -2.24. The molecule has 0 amide bonds. The van der Waals surface area contributed by atoms with Gasteiger partial charge in [0.2, 0.25) is 0 Å². The summed E-state index contributed by atoms with van der Waals surface area (Å²) in [6.07, 6.45) is 5.21. The van der Waals surface area contributed by atoms with E-state index in [0.29, 0.717) is 0 Å². The summed E-state index contributed by atoms with van der Waals surface area (Å²) in [7, 11) is -4.67. The molecule has 0 unspecified atom stereocenters. The Morgan fingerprint density at radius 2 is 1.50 bits per heavy atom. The average molecular weight is 303 g/mol. The van der Waals surface area contributed by atoms with Gasteiger partial charge in [0.05, 0.1) is 11.4 Å². The number of nitrogens with zero attached hydrogens (tertiary/aromatic N) is 1. The molecule has 7 nitrogen and oxygen atoms in total. The van der Waals surface area contributed by atoms with Crippen molar-refractivity contribution < 1.29 is 17.5 Å². The largest absolute Gasteiger partial charge is 0.399 e. The summed E-state index contributed by atoms with van der Waals surface area (Å²) in [6.45, 7) is 2.24. The molecule has 0 spiro atoms. The van der Waals surface area contributed by atoms with Crippen molar-refractivity contribution in [3.63, 3.8) is 0 Å². The lowest BCUT2D eigenvalue weighted by molar-refractivity contribution is 0.381. The van der Waals surface area contributed by atoms with E-state index in [1.165, 1.54) is 25.7 Å². The minimum Gasteiger partial charge on any atom is -0.399 e. The molecule has 0 radical (unpaired) electrons. The highest BCUT2D eigenvalue weighted by Gasteiger charge is 2.12. The van der Waals surface area contributed by atoms with E-state index in [1.807, 2.05) is 18.2 Å². The first-order chi connectivity index (χ1) is 9.27. The molecule has 1 saturated heterocycles. The Balaban J connectivity index is 0.000000347. The van der Waals surface area contributed by atoms with Crippen molar-refractivity contribution in [2.45, 2.75) is 25.7 Å². The average Bonchev–Trinajstić information content (AvgIpc) is 2.55. The van der Waals surface area contributed by atoms with Gasteiger partial charge in [-0.15, -0.1) is 0 Å². The molecular weight excluding hydrogens is 282 g/mol. The monoisotopic (exact) mass is 303 g/mol. The first kappa shape index (κ1) is 16.5. The predicted octanol–water partition coefficient (Wildman–Crippen LogP) is 1.58. The molecule has 0 aliphatic carbocycles. The molecule has 1 aromatic carbocycles. The smallest absolute Gasteiger partial charge is 0.394 e. The Morgan fingerprint density at radius 3 is 1.95 bits per heavy atom. The highest BCUT2D eigenvalue weighted by Crippen LogP contribution is 2.27. The van der Waals surface area contributed by atoms with Gasteiger partial charge in [0.25, 0.3) is 0 Å². The van der Waals surface area contributed by atoms with Gasteiger partial charge < -0.3 is 16.4 Å². The van der Waals surface area contributed by atoms with Crippen LogP contribution in [0.1, 0.15) is 25.7 Å². The number of hydrogen-bond donors (Lipinski definition) is 4. The second-order valence-corrected chi connectivity index (χ2v) is 5.56. The van der Waals surface area contributed by atoms with Crippen LogP contribution < -0.4 is 16.4 Å². The third-order valence-corrected chi connectivity index (χ3v) is 3.00. The van der Waals surface area contributed by atoms with Crippen molar-refractivity contribution >= 4 is 27.5 Å². The van der Waals surface area contributed by atoms with E-state index in [0.717, 1.165) is 30.2 Å². The molecule has 1 aromatic rings. The quantitative estimate of drug-likeness (QED) is 0.457. The zero-order chi connectivity index (χ0) is 15.2. The molecule has 20 heavy (non-hydrogen) atoms. The molecule has 114 valence electrons. The molecule has 1 fully saturated rings. The fourth-order valence-corrected chi connectivity index (χ4v) is 2.17. The van der Waals surface area contributed by atoms with Crippen LogP contribution in [0.2, 0.25) is 0 Å². The first-order valence-electron chi connectivity index (χ1n) is 6.37. The van der Waals surface area contributed by atoms with Crippen molar-refractivity contribution in [2.24, 2.45) is 0 Å². The Bertz CT molecular complexity index is 518. The van der Waals surface area contributed by atoms with Gasteiger partial charge in [-0.3, -0.25) is 9.11 Å². The second kappa shape index (κ2) is 7.32. The summed E-state index contributed by atoms with van der Waals surface area (Å²) in [5, 5.41) is 0. The van der Waals surface area contributed by atoms with Gasteiger partial charge >= 0.3 is 10.4 Å². The van der Waals surface area contributed by atoms with Crippen LogP contribution in [-0.4, -0.2) is 30.6 Å². The van der Waals surface area contributed by atoms with Crippen molar-refractivity contribution in [1.82, 2.24) is 0 Å². The fourth-order valence-electron chi connectivity index (χ4n) is 2.17. The topological polar surface area (TPSA) is 130 Å². The number of nitrogens with two attached hydrogens (primary N) is 2. The molecule has 1 heterocycles. The molecule has 1 aliphatic heterocycles. The standard InChI is InChI=1S/C12H19N3.H2O4S/c13-10-5-6-12(11(14)9-10)15-7-3-1-2-4-8-15;1-5(2,3)4/h5-6,9H,1-4,7-8,13-14H2;(H2,1,2,3,4). The molecule has 0 bridgehead atoms. The lowest BCUT2D eigenvalue weighted by Crippen LogP contribution is -2.24. The molecule has 8 heteroatoms. The van der Waals surface area contributed by atoms with Gasteiger partial charge in [-0.1, -0.05) is 12.8 Å². The number of anilines is 3. The van der Waals surface area contributed by atoms with Crippen molar-refractivity contribution in [3.05, 3.63) is 18.2 Å². The maximum Gasteiger partial charge on any atom is 0.394 e. The zero-order valence-corrected chi connectivity index (χ0v) is 12.0. The molecule has 0 aromatic heterocycles. The highest BCUT2D eigenvalue weighted by molar-refractivity contribution is 7.79. The van der Waals surface area contributed by atoms with Gasteiger partial charge in [0.15, 0.2) is 0 Å². The Labute approximate surface area is 119 Å². The molecule has 0 saturated carbocycles. The Morgan fingerprint density at radius 1 is 1.00 bits per heavy atom.